The van der Waals surface area contributed by atoms with Crippen molar-refractivity contribution in [2.75, 3.05) is 5.73 Å². The molecule has 1 heterocycles. The minimum absolute atomic E-state index is 0.0138. The van der Waals surface area contributed by atoms with Gasteiger partial charge in [0, 0.05) is 27.7 Å². The highest BCUT2D eigenvalue weighted by Gasteiger charge is 2.19. The predicted molar refractivity (Wildman–Crippen MR) is 103 cm³/mol. The first kappa shape index (κ1) is 17.6. The Morgan fingerprint density at radius 1 is 1.12 bits per heavy atom. The number of nitriles is 1. The molecule has 0 atom stereocenters. The van der Waals surface area contributed by atoms with E-state index in [4.69, 9.17) is 5.73 Å². The van der Waals surface area contributed by atoms with Crippen molar-refractivity contribution >= 4 is 27.4 Å². The Hall–Kier alpha value is -3.24. The van der Waals surface area contributed by atoms with Gasteiger partial charge in [-0.1, -0.05) is 28.1 Å². The van der Waals surface area contributed by atoms with Crippen LogP contribution in [0.25, 0.3) is 22.4 Å². The van der Waals surface area contributed by atoms with Gasteiger partial charge in [0.05, 0.1) is 10.6 Å². The van der Waals surface area contributed by atoms with E-state index in [1.807, 2.05) is 31.2 Å². The summed E-state index contributed by atoms with van der Waals surface area (Å²) in [6, 6.07) is 15.8. The normalized spacial score (nSPS) is 10.3. The maximum absolute atomic E-state index is 10.9. The largest absolute Gasteiger partial charge is 0.383 e. The number of anilines is 1. The molecule has 3 aromatic rings. The second-order valence-corrected chi connectivity index (χ2v) is 6.56. The van der Waals surface area contributed by atoms with Gasteiger partial charge in [-0.05, 0) is 42.3 Å². The van der Waals surface area contributed by atoms with Crippen molar-refractivity contribution in [2.24, 2.45) is 0 Å². The Labute approximate surface area is 158 Å². The molecule has 128 valence electrons. The van der Waals surface area contributed by atoms with Gasteiger partial charge in [0.15, 0.2) is 0 Å². The molecule has 0 unspecified atom stereocenters. The Kier molecular flexibility index (Phi) is 4.69. The average molecular weight is 409 g/mol. The van der Waals surface area contributed by atoms with E-state index in [0.29, 0.717) is 16.8 Å². The van der Waals surface area contributed by atoms with Crippen LogP contribution in [0, 0.1) is 28.4 Å². The van der Waals surface area contributed by atoms with Crippen LogP contribution in [-0.2, 0) is 0 Å². The van der Waals surface area contributed by atoms with Gasteiger partial charge in [-0.3, -0.25) is 10.1 Å². The van der Waals surface area contributed by atoms with Crippen molar-refractivity contribution in [3.8, 4) is 28.5 Å². The number of non-ortho nitro benzene ring substituents is 1. The quantitative estimate of drug-likeness (QED) is 0.492. The highest BCUT2D eigenvalue weighted by Crippen LogP contribution is 2.36. The van der Waals surface area contributed by atoms with Crippen molar-refractivity contribution in [1.82, 2.24) is 4.98 Å². The fraction of sp³-hybridized carbons (Fsp3) is 0.0526. The zero-order chi connectivity index (χ0) is 18.8. The molecule has 0 spiro atoms. The molecule has 0 radical (unpaired) electrons. The SMILES string of the molecule is Cc1c(-c2ccc(Br)cc2)nc(N)c(C#N)c1-c1ccc([N+](=O)[O-])cc1. The summed E-state index contributed by atoms with van der Waals surface area (Å²) in [7, 11) is 0. The number of benzene rings is 2. The molecule has 0 aliphatic rings. The third-order valence-electron chi connectivity index (χ3n) is 4.06. The average Bonchev–Trinajstić information content (AvgIpc) is 2.64. The number of nitrogens with zero attached hydrogens (tertiary/aromatic N) is 3. The molecule has 0 aliphatic carbocycles. The Bertz CT molecular complexity index is 1040. The van der Waals surface area contributed by atoms with Gasteiger partial charge >= 0.3 is 0 Å². The lowest BCUT2D eigenvalue weighted by molar-refractivity contribution is -0.384. The minimum Gasteiger partial charge on any atom is -0.383 e. The number of aromatic nitrogens is 1. The van der Waals surface area contributed by atoms with E-state index < -0.39 is 4.92 Å². The standard InChI is InChI=1S/C19H13BrN4O2/c1-11-17(12-4-8-15(9-5-12)24(25)26)16(10-21)19(22)23-18(11)13-2-6-14(20)7-3-13/h2-9H,1H3,(H2,22,23). The summed E-state index contributed by atoms with van der Waals surface area (Å²) in [5.74, 6) is 0.129. The fourth-order valence-corrected chi connectivity index (χ4v) is 3.07. The molecule has 7 heteroatoms. The third kappa shape index (κ3) is 3.15. The number of nitro benzene ring substituents is 1. The lowest BCUT2D eigenvalue weighted by Gasteiger charge is -2.15. The van der Waals surface area contributed by atoms with E-state index in [2.05, 4.69) is 27.0 Å². The van der Waals surface area contributed by atoms with E-state index >= 15 is 0 Å². The summed E-state index contributed by atoms with van der Waals surface area (Å²) < 4.78 is 0.941. The first-order chi connectivity index (χ1) is 12.4. The topological polar surface area (TPSA) is 106 Å². The van der Waals surface area contributed by atoms with Crippen LogP contribution in [0.4, 0.5) is 11.5 Å². The number of halogens is 1. The number of nitrogens with two attached hydrogens (primary N) is 1. The van der Waals surface area contributed by atoms with Crippen molar-refractivity contribution in [3.05, 3.63) is 74.2 Å². The van der Waals surface area contributed by atoms with Crippen LogP contribution in [0.5, 0.6) is 0 Å². The number of hydrogen-bond acceptors (Lipinski definition) is 5. The Morgan fingerprint density at radius 3 is 2.23 bits per heavy atom. The second kappa shape index (κ2) is 6.94. The first-order valence-electron chi connectivity index (χ1n) is 7.63. The molecule has 0 fully saturated rings. The zero-order valence-corrected chi connectivity index (χ0v) is 15.3. The molecule has 2 N–H and O–H groups in total. The summed E-state index contributed by atoms with van der Waals surface area (Å²) in [6.45, 7) is 1.86. The molecule has 0 saturated carbocycles. The molecule has 2 aromatic carbocycles. The van der Waals surface area contributed by atoms with Gasteiger partial charge in [-0.15, -0.1) is 0 Å². The number of rotatable bonds is 3. The highest BCUT2D eigenvalue weighted by molar-refractivity contribution is 9.10. The monoisotopic (exact) mass is 408 g/mol. The zero-order valence-electron chi connectivity index (χ0n) is 13.7. The van der Waals surface area contributed by atoms with Crippen LogP contribution in [0.3, 0.4) is 0 Å². The van der Waals surface area contributed by atoms with Gasteiger partial charge in [0.1, 0.15) is 17.5 Å². The molecule has 0 bridgehead atoms. The first-order valence-corrected chi connectivity index (χ1v) is 8.42. The van der Waals surface area contributed by atoms with Crippen LogP contribution in [0.2, 0.25) is 0 Å². The summed E-state index contributed by atoms with van der Waals surface area (Å²) in [5.41, 5.74) is 9.91. The predicted octanol–water partition coefficient (Wildman–Crippen LogP) is 4.85. The Morgan fingerprint density at radius 2 is 1.69 bits per heavy atom. The fourth-order valence-electron chi connectivity index (χ4n) is 2.81. The van der Waals surface area contributed by atoms with Crippen LogP contribution < -0.4 is 5.73 Å². The van der Waals surface area contributed by atoms with Gasteiger partial charge in [-0.25, -0.2) is 4.98 Å². The smallest absolute Gasteiger partial charge is 0.269 e. The molecule has 26 heavy (non-hydrogen) atoms. The van der Waals surface area contributed by atoms with Crippen LogP contribution in [0.1, 0.15) is 11.1 Å². The van der Waals surface area contributed by atoms with Gasteiger partial charge in [0.2, 0.25) is 0 Å². The van der Waals surface area contributed by atoms with Gasteiger partial charge in [0.25, 0.3) is 5.69 Å². The molecule has 3 rings (SSSR count). The van der Waals surface area contributed by atoms with E-state index in [9.17, 15) is 15.4 Å². The van der Waals surface area contributed by atoms with E-state index in [-0.39, 0.29) is 17.1 Å². The van der Waals surface area contributed by atoms with Crippen LogP contribution in [0.15, 0.2) is 53.0 Å². The second-order valence-electron chi connectivity index (χ2n) is 5.64. The number of nitro groups is 1. The van der Waals surface area contributed by atoms with Crippen molar-refractivity contribution in [2.45, 2.75) is 6.92 Å². The molecular formula is C19H13BrN4O2. The van der Waals surface area contributed by atoms with Crippen molar-refractivity contribution in [1.29, 1.82) is 5.26 Å². The van der Waals surface area contributed by atoms with E-state index in [1.54, 1.807) is 12.1 Å². The van der Waals surface area contributed by atoms with E-state index in [0.717, 1.165) is 15.6 Å². The van der Waals surface area contributed by atoms with Crippen LogP contribution >= 0.6 is 15.9 Å². The van der Waals surface area contributed by atoms with Gasteiger partial charge in [-0.2, -0.15) is 5.26 Å². The number of nitrogen functional groups attached to an aromatic ring is 1. The molecule has 0 aliphatic heterocycles. The van der Waals surface area contributed by atoms with Gasteiger partial charge < -0.3 is 5.73 Å². The summed E-state index contributed by atoms with van der Waals surface area (Å²) >= 11 is 3.40. The van der Waals surface area contributed by atoms with Crippen molar-refractivity contribution < 1.29 is 4.92 Å². The summed E-state index contributed by atoms with van der Waals surface area (Å²) in [4.78, 5) is 14.8. The lowest BCUT2D eigenvalue weighted by Crippen LogP contribution is -2.03. The maximum Gasteiger partial charge on any atom is 0.269 e. The molecule has 1 aromatic heterocycles. The maximum atomic E-state index is 10.9. The summed E-state index contributed by atoms with van der Waals surface area (Å²) in [5, 5.41) is 20.4. The molecule has 0 amide bonds. The van der Waals surface area contributed by atoms with Crippen molar-refractivity contribution in [3.63, 3.8) is 0 Å². The molecule has 6 nitrogen and oxygen atoms in total. The lowest BCUT2D eigenvalue weighted by atomic mass is 9.93. The van der Waals surface area contributed by atoms with E-state index in [1.165, 1.54) is 12.1 Å². The number of hydrogen-bond donors (Lipinski definition) is 1. The molecular weight excluding hydrogens is 396 g/mol. The molecule has 0 saturated heterocycles. The Balaban J connectivity index is 2.25. The van der Waals surface area contributed by atoms with Crippen LogP contribution in [-0.4, -0.2) is 9.91 Å². The highest BCUT2D eigenvalue weighted by atomic mass is 79.9. The third-order valence-corrected chi connectivity index (χ3v) is 4.59. The number of pyridine rings is 1. The minimum atomic E-state index is -0.462. The summed E-state index contributed by atoms with van der Waals surface area (Å²) in [6.07, 6.45) is 0.